The molecule has 0 rings (SSSR count). The van der Waals surface area contributed by atoms with E-state index in [9.17, 15) is 18.1 Å². The summed E-state index contributed by atoms with van der Waals surface area (Å²) < 4.78 is 33.3. The van der Waals surface area contributed by atoms with Crippen LogP contribution in [0.5, 0.6) is 0 Å². The number of rotatable bonds is 43. The van der Waals surface area contributed by atoms with Crippen molar-refractivity contribution in [3.05, 3.63) is 36.8 Å². The van der Waals surface area contributed by atoms with Gasteiger partial charge in [-0.15, -0.1) is 0 Å². The number of allylic oxidation sites excluding steroid dienone is 3. The normalized spacial score (nSPS) is 13.4. The summed E-state index contributed by atoms with van der Waals surface area (Å²) in [5.74, 6) is -0.641. The van der Waals surface area contributed by atoms with Gasteiger partial charge >= 0.3 is 0 Å². The van der Waals surface area contributed by atoms with Crippen molar-refractivity contribution in [2.45, 2.75) is 258 Å². The van der Waals surface area contributed by atoms with Crippen molar-refractivity contribution in [3.63, 3.8) is 0 Å². The first-order valence-corrected chi connectivity index (χ1v) is 25.4. The maximum absolute atomic E-state index is 11.7. The van der Waals surface area contributed by atoms with Crippen molar-refractivity contribution in [1.29, 1.82) is 0 Å². The smallest absolute Gasteiger partial charge is 0.267 e. The Morgan fingerprint density at radius 3 is 0.852 bits per heavy atom. The van der Waals surface area contributed by atoms with E-state index < -0.39 is 22.0 Å². The number of hydrogen-bond donors (Lipinski definition) is 2. The molecule has 0 aromatic heterocycles. The molecular weight excluding hydrogens is 687 g/mol. The number of aliphatic hydroxyl groups excluding tert-OH is 1. The zero-order valence-corrected chi connectivity index (χ0v) is 37.3. The Bertz CT molecular complexity index is 871. The van der Waals surface area contributed by atoms with Gasteiger partial charge in [0.05, 0.1) is 0 Å². The predicted molar refractivity (Wildman–Crippen MR) is 238 cm³/mol. The van der Waals surface area contributed by atoms with Crippen molar-refractivity contribution >= 4 is 10.1 Å². The fourth-order valence-electron chi connectivity index (χ4n) is 7.58. The van der Waals surface area contributed by atoms with E-state index in [0.717, 1.165) is 38.5 Å². The average Bonchev–Trinajstić information content (AvgIpc) is 3.13. The number of aliphatic hydroxyl groups is 1. The topological polar surface area (TPSA) is 74.6 Å². The van der Waals surface area contributed by atoms with E-state index in [-0.39, 0.29) is 11.0 Å². The van der Waals surface area contributed by atoms with Crippen LogP contribution in [0.3, 0.4) is 0 Å². The number of hydrogen-bond acceptors (Lipinski definition) is 3. The van der Waals surface area contributed by atoms with E-state index in [1.54, 1.807) is 0 Å². The molecule has 6 heteroatoms. The second kappa shape index (κ2) is 40.3. The Hall–Kier alpha value is -0.950. The SMILES string of the molecule is CCCCCCCCCCCCC/C=C/[N+](/C=C/CCCCCCCCCCCCC)(/C=C/CCCCCCCCCCCCC)CC(O)CS(=O)(=O)O. The number of unbranched alkanes of at least 4 members (excludes halogenated alkanes) is 33. The summed E-state index contributed by atoms with van der Waals surface area (Å²) in [4.78, 5) is 0. The van der Waals surface area contributed by atoms with E-state index in [4.69, 9.17) is 0 Å². The van der Waals surface area contributed by atoms with Crippen molar-refractivity contribution in [2.24, 2.45) is 0 Å². The van der Waals surface area contributed by atoms with Gasteiger partial charge in [-0.3, -0.25) is 4.55 Å². The van der Waals surface area contributed by atoms with Gasteiger partial charge in [0.1, 0.15) is 37.0 Å². The maximum Gasteiger partial charge on any atom is 0.267 e. The highest BCUT2D eigenvalue weighted by Gasteiger charge is 2.27. The lowest BCUT2D eigenvalue weighted by Gasteiger charge is -2.29. The summed E-state index contributed by atoms with van der Waals surface area (Å²) in [5.41, 5.74) is 0. The van der Waals surface area contributed by atoms with Crippen molar-refractivity contribution in [1.82, 2.24) is 0 Å². The summed E-state index contributed by atoms with van der Waals surface area (Å²) in [6, 6.07) is 0. The molecule has 0 aliphatic heterocycles. The second-order valence-corrected chi connectivity index (χ2v) is 18.2. The number of quaternary nitrogens is 1. The van der Waals surface area contributed by atoms with Gasteiger partial charge in [-0.2, -0.15) is 8.42 Å². The van der Waals surface area contributed by atoms with Crippen LogP contribution < -0.4 is 0 Å². The zero-order chi connectivity index (χ0) is 39.7. The summed E-state index contributed by atoms with van der Waals surface area (Å²) in [6.45, 7) is 7.01. The van der Waals surface area contributed by atoms with Gasteiger partial charge < -0.3 is 5.11 Å². The lowest BCUT2D eigenvalue weighted by molar-refractivity contribution is -0.777. The molecule has 0 aromatic rings. The molecule has 0 radical (unpaired) electrons. The van der Waals surface area contributed by atoms with Gasteiger partial charge in [-0.25, -0.2) is 4.48 Å². The first kappa shape index (κ1) is 53.0. The molecule has 0 saturated carbocycles. The minimum Gasteiger partial charge on any atom is -0.386 e. The van der Waals surface area contributed by atoms with Crippen molar-refractivity contribution in [3.8, 4) is 0 Å². The first-order chi connectivity index (χ1) is 26.3. The van der Waals surface area contributed by atoms with Crippen LogP contribution in [0, 0.1) is 0 Å². The van der Waals surface area contributed by atoms with Gasteiger partial charge in [0, 0.05) is 0 Å². The van der Waals surface area contributed by atoms with E-state index in [1.165, 1.54) is 193 Å². The first-order valence-electron chi connectivity index (χ1n) is 23.8. The molecule has 0 saturated heterocycles. The molecule has 0 aliphatic carbocycles. The second-order valence-electron chi connectivity index (χ2n) is 16.7. The third-order valence-electron chi connectivity index (χ3n) is 11.0. The highest BCUT2D eigenvalue weighted by atomic mass is 32.2. The average molecular weight is 781 g/mol. The molecule has 0 amide bonds. The largest absolute Gasteiger partial charge is 0.386 e. The fraction of sp³-hybridized carbons (Fsp3) is 0.875. The lowest BCUT2D eigenvalue weighted by atomic mass is 10.1. The molecular formula is C48H94NO4S+. The standard InChI is InChI=1S/C48H93NO4S/c1-4-7-10-13-16-19-22-25-28-31-34-37-40-43-49(46-48(50)47-54(51,52)53,44-41-38-35-32-29-26-23-20-17-14-11-8-5-2)45-42-39-36-33-30-27-24-21-18-15-12-9-6-3/h40-45,48,50H,4-39,46-47H2,1-3H3/p+1/b43-40+,44-41+,45-42+. The molecule has 54 heavy (non-hydrogen) atoms. The van der Waals surface area contributed by atoms with Gasteiger partial charge in [0.15, 0.2) is 0 Å². The Kier molecular flexibility index (Phi) is 39.5. The Morgan fingerprint density at radius 2 is 0.630 bits per heavy atom. The van der Waals surface area contributed by atoms with Gasteiger partial charge in [-0.1, -0.05) is 213 Å². The molecule has 0 aromatic carbocycles. The highest BCUT2D eigenvalue weighted by Crippen LogP contribution is 2.20. The fourth-order valence-corrected chi connectivity index (χ4v) is 8.18. The molecule has 0 spiro atoms. The van der Waals surface area contributed by atoms with E-state index in [0.29, 0.717) is 0 Å². The molecule has 0 bridgehead atoms. The molecule has 0 fully saturated rings. The Balaban J connectivity index is 5.15. The summed E-state index contributed by atoms with van der Waals surface area (Å²) in [7, 11) is -4.27. The van der Waals surface area contributed by atoms with Crippen LogP contribution in [-0.2, 0) is 10.1 Å². The van der Waals surface area contributed by atoms with Crippen molar-refractivity contribution in [2.75, 3.05) is 12.3 Å². The highest BCUT2D eigenvalue weighted by molar-refractivity contribution is 7.85. The monoisotopic (exact) mass is 781 g/mol. The van der Waals surface area contributed by atoms with E-state index in [2.05, 4.69) is 57.6 Å². The molecule has 2 N–H and O–H groups in total. The molecule has 1 atom stereocenters. The van der Waals surface area contributed by atoms with Crippen LogP contribution in [-0.4, -0.2) is 41.0 Å². The predicted octanol–water partition coefficient (Wildman–Crippen LogP) is 15.7. The van der Waals surface area contributed by atoms with Crippen LogP contribution in [0.1, 0.15) is 252 Å². The molecule has 320 valence electrons. The Morgan fingerprint density at radius 1 is 0.407 bits per heavy atom. The lowest BCUT2D eigenvalue weighted by Crippen LogP contribution is -2.41. The quantitative estimate of drug-likeness (QED) is 0.0367. The van der Waals surface area contributed by atoms with E-state index in [1.807, 2.05) is 0 Å². The molecule has 5 nitrogen and oxygen atoms in total. The maximum atomic E-state index is 11.7. The summed E-state index contributed by atoms with van der Waals surface area (Å²) in [5, 5.41) is 10.9. The van der Waals surface area contributed by atoms with Gasteiger partial charge in [0.25, 0.3) is 10.1 Å². The minimum absolute atomic E-state index is 0.193. The van der Waals surface area contributed by atoms with Crippen molar-refractivity contribution < 1.29 is 22.6 Å². The van der Waals surface area contributed by atoms with Crippen LogP contribution in [0.4, 0.5) is 0 Å². The summed E-state index contributed by atoms with van der Waals surface area (Å²) in [6.07, 6.45) is 58.5. The Labute approximate surface area is 338 Å². The van der Waals surface area contributed by atoms with Gasteiger partial charge in [-0.05, 0) is 56.8 Å². The summed E-state index contributed by atoms with van der Waals surface area (Å²) >= 11 is 0. The van der Waals surface area contributed by atoms with Crippen LogP contribution in [0.25, 0.3) is 0 Å². The zero-order valence-electron chi connectivity index (χ0n) is 36.5. The van der Waals surface area contributed by atoms with E-state index >= 15 is 0 Å². The van der Waals surface area contributed by atoms with Crippen LogP contribution >= 0.6 is 0 Å². The number of nitrogens with zero attached hydrogens (tertiary/aromatic N) is 1. The van der Waals surface area contributed by atoms with Crippen LogP contribution in [0.15, 0.2) is 36.8 Å². The molecule has 0 aliphatic rings. The third kappa shape index (κ3) is 39.3. The molecule has 0 heterocycles. The minimum atomic E-state index is -4.27. The van der Waals surface area contributed by atoms with Gasteiger partial charge in [0.2, 0.25) is 0 Å². The third-order valence-corrected chi connectivity index (χ3v) is 11.8. The van der Waals surface area contributed by atoms with Crippen LogP contribution in [0.2, 0.25) is 0 Å². The molecule has 1 unspecified atom stereocenters.